The first-order valence-corrected chi connectivity index (χ1v) is 16.6. The molecule has 0 aliphatic rings. The molecule has 0 amide bonds. The van der Waals surface area contributed by atoms with E-state index in [0.29, 0.717) is 164 Å². The van der Waals surface area contributed by atoms with Crippen LogP contribution in [0, 0.1) is 0 Å². The Balaban J connectivity index is 3.08. The maximum Gasteiger partial charge on any atom is 0.333 e. The Morgan fingerprint density at radius 3 is 0.735 bits per heavy atom. The lowest BCUT2D eigenvalue weighted by Gasteiger charge is -2.09. The second-order valence-corrected chi connectivity index (χ2v) is 9.64. The summed E-state index contributed by atoms with van der Waals surface area (Å²) in [7, 11) is 0. The van der Waals surface area contributed by atoms with Crippen molar-refractivity contribution in [3.63, 3.8) is 0 Å². The highest BCUT2D eigenvalue weighted by Crippen LogP contribution is 1.92. The molecule has 16 heteroatoms. The van der Waals surface area contributed by atoms with Gasteiger partial charge in [0.15, 0.2) is 0 Å². The molecule has 0 aromatic rings. The number of carbonyl (C=O) groups is 2. The SMILES string of the molecule is C=CC(=O)OCCOCCOCCOCCOCCOCCOCCOCCOCCOCCOCCOCCOCCOC(=O)C(=C)C. The Kier molecular flexibility index (Phi) is 38.7. The molecule has 0 aliphatic heterocycles. The fourth-order valence-corrected chi connectivity index (χ4v) is 3.10. The summed E-state index contributed by atoms with van der Waals surface area (Å²) in [6, 6.07) is 0. The van der Waals surface area contributed by atoms with Gasteiger partial charge in [0, 0.05) is 11.6 Å². The first-order valence-electron chi connectivity index (χ1n) is 16.6. The number of carbonyl (C=O) groups excluding carboxylic acids is 2. The molecule has 0 saturated heterocycles. The minimum atomic E-state index is -0.464. The van der Waals surface area contributed by atoms with Crippen LogP contribution < -0.4 is 0 Å². The van der Waals surface area contributed by atoms with E-state index in [1.807, 2.05) is 0 Å². The van der Waals surface area contributed by atoms with Gasteiger partial charge in [0.2, 0.25) is 0 Å². The second kappa shape index (κ2) is 40.4. The molecule has 288 valence electrons. The third-order valence-electron chi connectivity index (χ3n) is 5.54. The summed E-state index contributed by atoms with van der Waals surface area (Å²) in [4.78, 5) is 22.0. The number of hydrogen-bond donors (Lipinski definition) is 0. The van der Waals surface area contributed by atoms with E-state index in [9.17, 15) is 9.59 Å². The molecule has 0 aliphatic carbocycles. The highest BCUT2D eigenvalue weighted by atomic mass is 16.6. The number of rotatable bonds is 41. The Bertz CT molecular complexity index is 754. The summed E-state index contributed by atoms with van der Waals surface area (Å²) >= 11 is 0. The molecule has 0 aromatic heterocycles. The highest BCUT2D eigenvalue weighted by molar-refractivity contribution is 5.86. The molecular formula is C33H60O16. The van der Waals surface area contributed by atoms with Gasteiger partial charge >= 0.3 is 11.9 Å². The third-order valence-corrected chi connectivity index (χ3v) is 5.54. The van der Waals surface area contributed by atoms with Gasteiger partial charge in [-0.1, -0.05) is 13.2 Å². The Morgan fingerprint density at radius 2 is 0.551 bits per heavy atom. The molecule has 0 atom stereocenters. The smallest absolute Gasteiger partial charge is 0.333 e. The van der Waals surface area contributed by atoms with Gasteiger partial charge in [-0.15, -0.1) is 0 Å². The van der Waals surface area contributed by atoms with Crippen molar-refractivity contribution < 1.29 is 75.9 Å². The standard InChI is InChI=1S/C33H60O16/c1-4-32(34)48-29-27-46-25-23-44-21-19-42-17-15-40-13-11-38-9-7-36-5-6-37-8-10-39-12-14-41-16-18-43-20-22-45-24-26-47-28-30-49-33(35)31(2)3/h4H,1-2,5-30H2,3H3. The molecule has 0 fully saturated rings. The van der Waals surface area contributed by atoms with E-state index >= 15 is 0 Å². The molecule has 0 spiro atoms. The van der Waals surface area contributed by atoms with E-state index in [2.05, 4.69) is 13.2 Å². The molecule has 0 unspecified atom stereocenters. The van der Waals surface area contributed by atoms with Gasteiger partial charge in [-0.2, -0.15) is 0 Å². The van der Waals surface area contributed by atoms with Crippen molar-refractivity contribution in [2.45, 2.75) is 6.92 Å². The summed E-state index contributed by atoms with van der Waals surface area (Å²) in [6.07, 6.45) is 1.11. The van der Waals surface area contributed by atoms with Crippen molar-refractivity contribution >= 4 is 11.9 Å². The van der Waals surface area contributed by atoms with Gasteiger partial charge < -0.3 is 66.3 Å². The van der Waals surface area contributed by atoms with E-state index in [1.165, 1.54) is 0 Å². The number of ether oxygens (including phenoxy) is 14. The summed E-state index contributed by atoms with van der Waals surface area (Å²) in [5, 5.41) is 0. The number of hydrogen-bond acceptors (Lipinski definition) is 16. The second-order valence-electron chi connectivity index (χ2n) is 9.64. The van der Waals surface area contributed by atoms with Crippen LogP contribution in [0.3, 0.4) is 0 Å². The number of esters is 2. The van der Waals surface area contributed by atoms with E-state index in [1.54, 1.807) is 6.92 Å². The van der Waals surface area contributed by atoms with E-state index in [-0.39, 0.29) is 13.2 Å². The van der Waals surface area contributed by atoms with Crippen LogP contribution in [-0.4, -0.2) is 184 Å². The minimum absolute atomic E-state index is 0.193. The van der Waals surface area contributed by atoms with E-state index in [0.717, 1.165) is 6.08 Å². The fourth-order valence-electron chi connectivity index (χ4n) is 3.10. The molecule has 49 heavy (non-hydrogen) atoms. The van der Waals surface area contributed by atoms with Crippen molar-refractivity contribution in [1.29, 1.82) is 0 Å². The zero-order chi connectivity index (χ0) is 35.7. The van der Waals surface area contributed by atoms with Gasteiger partial charge in [0.05, 0.1) is 159 Å². The topological polar surface area (TPSA) is 163 Å². The maximum absolute atomic E-state index is 11.2. The van der Waals surface area contributed by atoms with Gasteiger partial charge in [-0.3, -0.25) is 0 Å². The molecule has 0 radical (unpaired) electrons. The van der Waals surface area contributed by atoms with Crippen LogP contribution >= 0.6 is 0 Å². The van der Waals surface area contributed by atoms with Gasteiger partial charge in [0.1, 0.15) is 13.2 Å². The molecule has 0 bridgehead atoms. The van der Waals surface area contributed by atoms with Gasteiger partial charge in [0.25, 0.3) is 0 Å². The lowest BCUT2D eigenvalue weighted by atomic mass is 10.4. The predicted octanol–water partition coefficient (Wildman–Crippen LogP) is 1.03. The van der Waals surface area contributed by atoms with Crippen LogP contribution in [-0.2, 0) is 75.9 Å². The molecule has 0 saturated carbocycles. The molecular weight excluding hydrogens is 652 g/mol. The summed E-state index contributed by atoms with van der Waals surface area (Å²) in [5.74, 6) is -0.881. The first-order chi connectivity index (χ1) is 24.1. The van der Waals surface area contributed by atoms with Crippen LogP contribution in [0.15, 0.2) is 24.8 Å². The molecule has 0 N–H and O–H groups in total. The molecule has 0 heterocycles. The summed E-state index contributed by atoms with van der Waals surface area (Å²) in [6.45, 7) is 19.7. The molecule has 0 aromatic carbocycles. The van der Waals surface area contributed by atoms with Crippen molar-refractivity contribution in [2.24, 2.45) is 0 Å². The quantitative estimate of drug-likeness (QED) is 0.0501. The molecule has 0 rings (SSSR count). The summed E-state index contributed by atoms with van der Waals surface area (Å²) in [5.41, 5.74) is 0.366. The Hall–Kier alpha value is -2.06. The van der Waals surface area contributed by atoms with Crippen molar-refractivity contribution in [2.75, 3.05) is 172 Å². The lowest BCUT2D eigenvalue weighted by molar-refractivity contribution is -0.141. The van der Waals surface area contributed by atoms with Crippen LogP contribution in [0.2, 0.25) is 0 Å². The third kappa shape index (κ3) is 40.3. The zero-order valence-electron chi connectivity index (χ0n) is 29.4. The van der Waals surface area contributed by atoms with Gasteiger partial charge in [-0.05, 0) is 6.92 Å². The monoisotopic (exact) mass is 712 g/mol. The average Bonchev–Trinajstić information content (AvgIpc) is 3.10. The normalized spacial score (nSPS) is 11.1. The van der Waals surface area contributed by atoms with Crippen LogP contribution in [0.5, 0.6) is 0 Å². The largest absolute Gasteiger partial charge is 0.460 e. The summed E-state index contributed by atoms with van der Waals surface area (Å²) < 4.78 is 74.6. The predicted molar refractivity (Wildman–Crippen MR) is 177 cm³/mol. The van der Waals surface area contributed by atoms with Crippen LogP contribution in [0.1, 0.15) is 6.92 Å². The van der Waals surface area contributed by atoms with Crippen LogP contribution in [0.25, 0.3) is 0 Å². The highest BCUT2D eigenvalue weighted by Gasteiger charge is 2.02. The maximum atomic E-state index is 11.2. The van der Waals surface area contributed by atoms with E-state index < -0.39 is 11.9 Å². The van der Waals surface area contributed by atoms with Crippen molar-refractivity contribution in [1.82, 2.24) is 0 Å². The van der Waals surface area contributed by atoms with E-state index in [4.69, 9.17) is 66.3 Å². The Morgan fingerprint density at radius 1 is 0.367 bits per heavy atom. The first kappa shape index (κ1) is 46.9. The van der Waals surface area contributed by atoms with Crippen LogP contribution in [0.4, 0.5) is 0 Å². The van der Waals surface area contributed by atoms with Crippen molar-refractivity contribution in [3.8, 4) is 0 Å². The lowest BCUT2D eigenvalue weighted by Crippen LogP contribution is -2.16. The minimum Gasteiger partial charge on any atom is -0.460 e. The Labute approximate surface area is 291 Å². The molecule has 16 nitrogen and oxygen atoms in total. The van der Waals surface area contributed by atoms with Gasteiger partial charge in [-0.25, -0.2) is 9.59 Å². The zero-order valence-corrected chi connectivity index (χ0v) is 29.4. The average molecular weight is 713 g/mol. The van der Waals surface area contributed by atoms with Crippen molar-refractivity contribution in [3.05, 3.63) is 24.8 Å². The fraction of sp³-hybridized carbons (Fsp3) is 0.818.